The van der Waals surface area contributed by atoms with Crippen molar-refractivity contribution in [3.63, 3.8) is 0 Å². The van der Waals surface area contributed by atoms with E-state index in [4.69, 9.17) is 0 Å². The standard InChI is InChI=1S/C31H54O/c1-7-8-12-24-27-14-13-23-26-16-15-25(22(4)11-9-10-21(2)3)30(26,5)19-17-28(23)31(27,6)20-18-29(24)32/h21-22,24-25,27-29,32H,7-20H2,1-6H3/t22-,24?,25-,27?,28+,29?,30-,31+/m1/s1. The highest BCUT2D eigenvalue weighted by atomic mass is 16.3. The molecule has 32 heavy (non-hydrogen) atoms. The topological polar surface area (TPSA) is 20.2 Å². The third-order valence-corrected chi connectivity index (χ3v) is 11.4. The van der Waals surface area contributed by atoms with E-state index in [1.807, 2.05) is 11.1 Å². The van der Waals surface area contributed by atoms with Crippen molar-refractivity contribution in [3.05, 3.63) is 11.1 Å². The molecule has 0 saturated heterocycles. The second-order valence-electron chi connectivity index (χ2n) is 13.5. The number of unbranched alkanes of at least 4 members (excludes halogenated alkanes) is 1. The zero-order valence-electron chi connectivity index (χ0n) is 22.4. The molecule has 0 amide bonds. The molecule has 0 radical (unpaired) electrons. The quantitative estimate of drug-likeness (QED) is 0.372. The van der Waals surface area contributed by atoms with E-state index >= 15 is 0 Å². The molecule has 0 aromatic heterocycles. The molecule has 1 heteroatoms. The number of aliphatic hydroxyl groups excluding tert-OH is 1. The summed E-state index contributed by atoms with van der Waals surface area (Å²) in [7, 11) is 0. The molecule has 0 bridgehead atoms. The van der Waals surface area contributed by atoms with Crippen molar-refractivity contribution >= 4 is 0 Å². The first-order valence-corrected chi connectivity index (χ1v) is 14.6. The first-order chi connectivity index (χ1) is 15.2. The summed E-state index contributed by atoms with van der Waals surface area (Å²) in [5.74, 6) is 4.77. The fraction of sp³-hybridized carbons (Fsp3) is 0.935. The van der Waals surface area contributed by atoms with Crippen LogP contribution in [0.15, 0.2) is 11.1 Å². The van der Waals surface area contributed by atoms with Crippen molar-refractivity contribution in [2.45, 2.75) is 138 Å². The number of hydrogen-bond donors (Lipinski definition) is 1. The molecule has 1 nitrogen and oxygen atoms in total. The summed E-state index contributed by atoms with van der Waals surface area (Å²) < 4.78 is 0. The van der Waals surface area contributed by atoms with Crippen molar-refractivity contribution in [1.82, 2.24) is 0 Å². The molecule has 4 rings (SSSR count). The van der Waals surface area contributed by atoms with E-state index in [-0.39, 0.29) is 6.10 Å². The number of fused-ring (bicyclic) bond motifs is 4. The predicted octanol–water partition coefficient (Wildman–Crippen LogP) is 8.95. The molecule has 8 atom stereocenters. The Hall–Kier alpha value is -0.300. The summed E-state index contributed by atoms with van der Waals surface area (Å²) in [6, 6.07) is 0. The highest BCUT2D eigenvalue weighted by Crippen LogP contribution is 2.66. The maximum Gasteiger partial charge on any atom is 0.0571 e. The smallest absolute Gasteiger partial charge is 0.0571 e. The summed E-state index contributed by atoms with van der Waals surface area (Å²) >= 11 is 0. The fourth-order valence-corrected chi connectivity index (χ4v) is 9.57. The van der Waals surface area contributed by atoms with Gasteiger partial charge in [-0.25, -0.2) is 0 Å². The van der Waals surface area contributed by atoms with Gasteiger partial charge in [0.15, 0.2) is 0 Å². The maximum atomic E-state index is 10.9. The fourth-order valence-electron chi connectivity index (χ4n) is 9.57. The molecular weight excluding hydrogens is 388 g/mol. The number of hydrogen-bond acceptors (Lipinski definition) is 1. The van der Waals surface area contributed by atoms with Gasteiger partial charge in [0, 0.05) is 0 Å². The van der Waals surface area contributed by atoms with E-state index in [2.05, 4.69) is 41.5 Å². The average molecular weight is 443 g/mol. The van der Waals surface area contributed by atoms with Gasteiger partial charge >= 0.3 is 0 Å². The van der Waals surface area contributed by atoms with Gasteiger partial charge in [0.1, 0.15) is 0 Å². The third-order valence-electron chi connectivity index (χ3n) is 11.4. The average Bonchev–Trinajstić information content (AvgIpc) is 3.10. The monoisotopic (exact) mass is 442 g/mol. The molecule has 4 aliphatic rings. The van der Waals surface area contributed by atoms with Crippen LogP contribution < -0.4 is 0 Å². The molecule has 3 unspecified atom stereocenters. The van der Waals surface area contributed by atoms with Crippen LogP contribution in [0.1, 0.15) is 131 Å². The summed E-state index contributed by atoms with van der Waals surface area (Å²) in [6.07, 6.45) is 18.7. The van der Waals surface area contributed by atoms with Crippen LogP contribution in [0.4, 0.5) is 0 Å². The first-order valence-electron chi connectivity index (χ1n) is 14.6. The molecule has 3 fully saturated rings. The Labute approximate surface area is 200 Å². The zero-order valence-corrected chi connectivity index (χ0v) is 22.4. The van der Waals surface area contributed by atoms with E-state index in [0.29, 0.717) is 16.7 Å². The van der Waals surface area contributed by atoms with Crippen molar-refractivity contribution in [3.8, 4) is 0 Å². The van der Waals surface area contributed by atoms with Crippen LogP contribution in [0, 0.1) is 46.3 Å². The molecule has 3 saturated carbocycles. The van der Waals surface area contributed by atoms with Gasteiger partial charge in [0.25, 0.3) is 0 Å². The van der Waals surface area contributed by atoms with Crippen molar-refractivity contribution in [2.24, 2.45) is 46.3 Å². The lowest BCUT2D eigenvalue weighted by atomic mass is 9.46. The number of allylic oxidation sites excluding steroid dienone is 2. The molecule has 0 spiro atoms. The summed E-state index contributed by atoms with van der Waals surface area (Å²) in [5.41, 5.74) is 4.80. The maximum absolute atomic E-state index is 10.9. The van der Waals surface area contributed by atoms with Gasteiger partial charge in [-0.15, -0.1) is 0 Å². The third kappa shape index (κ3) is 4.27. The molecule has 184 valence electrons. The number of rotatable bonds is 8. The molecular formula is C31H54O. The summed E-state index contributed by atoms with van der Waals surface area (Å²) in [4.78, 5) is 0. The Bertz CT molecular complexity index is 676. The van der Waals surface area contributed by atoms with E-state index < -0.39 is 0 Å². The Kier molecular flexibility index (Phi) is 7.56. The highest BCUT2D eigenvalue weighted by molar-refractivity contribution is 5.35. The SMILES string of the molecule is CCCCC1C(O)CC[C@@]2(C)C1CCC1=C3CC[C@H]([C@H](C)CCCC(C)C)[C@@]3(C)CC[C@@H]12. The van der Waals surface area contributed by atoms with Crippen LogP contribution in [-0.4, -0.2) is 11.2 Å². The van der Waals surface area contributed by atoms with Gasteiger partial charge in [-0.1, -0.05) is 84.8 Å². The molecule has 0 aliphatic heterocycles. The molecule has 0 heterocycles. The predicted molar refractivity (Wildman–Crippen MR) is 138 cm³/mol. The minimum absolute atomic E-state index is 0.0368. The van der Waals surface area contributed by atoms with E-state index in [1.165, 1.54) is 83.5 Å². The van der Waals surface area contributed by atoms with Gasteiger partial charge in [-0.05, 0) is 104 Å². The number of aliphatic hydroxyl groups is 1. The van der Waals surface area contributed by atoms with Crippen LogP contribution >= 0.6 is 0 Å². The van der Waals surface area contributed by atoms with Crippen molar-refractivity contribution < 1.29 is 5.11 Å². The van der Waals surface area contributed by atoms with Gasteiger partial charge in [-0.3, -0.25) is 0 Å². The van der Waals surface area contributed by atoms with E-state index in [1.54, 1.807) is 0 Å². The lowest BCUT2D eigenvalue weighted by Gasteiger charge is -2.59. The van der Waals surface area contributed by atoms with E-state index in [9.17, 15) is 5.11 Å². The lowest BCUT2D eigenvalue weighted by molar-refractivity contribution is -0.0874. The molecule has 0 aromatic carbocycles. The largest absolute Gasteiger partial charge is 0.393 e. The lowest BCUT2D eigenvalue weighted by Crippen LogP contribution is -2.52. The normalized spacial score (nSPS) is 42.6. The van der Waals surface area contributed by atoms with Gasteiger partial charge in [0.05, 0.1) is 6.10 Å². The van der Waals surface area contributed by atoms with Crippen LogP contribution in [0.25, 0.3) is 0 Å². The Morgan fingerprint density at radius 3 is 2.44 bits per heavy atom. The Morgan fingerprint density at radius 1 is 0.938 bits per heavy atom. The Balaban J connectivity index is 1.54. The summed E-state index contributed by atoms with van der Waals surface area (Å²) in [6.45, 7) is 15.0. The van der Waals surface area contributed by atoms with Crippen molar-refractivity contribution in [2.75, 3.05) is 0 Å². The Morgan fingerprint density at radius 2 is 1.72 bits per heavy atom. The highest BCUT2D eigenvalue weighted by Gasteiger charge is 2.57. The first kappa shape index (κ1) is 24.8. The van der Waals surface area contributed by atoms with Crippen LogP contribution in [0.5, 0.6) is 0 Å². The second-order valence-corrected chi connectivity index (χ2v) is 13.5. The zero-order chi connectivity index (χ0) is 23.1. The minimum atomic E-state index is -0.0368. The van der Waals surface area contributed by atoms with Crippen molar-refractivity contribution in [1.29, 1.82) is 0 Å². The van der Waals surface area contributed by atoms with Gasteiger partial charge < -0.3 is 5.11 Å². The van der Waals surface area contributed by atoms with Crippen LogP contribution in [0.3, 0.4) is 0 Å². The summed E-state index contributed by atoms with van der Waals surface area (Å²) in [5, 5.41) is 10.9. The van der Waals surface area contributed by atoms with Gasteiger partial charge in [0.2, 0.25) is 0 Å². The second kappa shape index (κ2) is 9.75. The van der Waals surface area contributed by atoms with Crippen LogP contribution in [0.2, 0.25) is 0 Å². The molecule has 4 aliphatic carbocycles. The molecule has 1 N–H and O–H groups in total. The van der Waals surface area contributed by atoms with Crippen LogP contribution in [-0.2, 0) is 0 Å². The van der Waals surface area contributed by atoms with Gasteiger partial charge in [-0.2, -0.15) is 0 Å². The minimum Gasteiger partial charge on any atom is -0.393 e. The van der Waals surface area contributed by atoms with E-state index in [0.717, 1.165) is 36.0 Å². The molecule has 0 aromatic rings.